The zero-order valence-electron chi connectivity index (χ0n) is 10.8. The van der Waals surface area contributed by atoms with Crippen molar-refractivity contribution in [1.29, 1.82) is 0 Å². The average molecular weight is 252 g/mol. The largest absolute Gasteiger partial charge is 0.324 e. The van der Waals surface area contributed by atoms with Gasteiger partial charge in [-0.3, -0.25) is 9.69 Å². The normalized spacial score (nSPS) is 17.4. The summed E-state index contributed by atoms with van der Waals surface area (Å²) in [5.41, 5.74) is 10.3. The van der Waals surface area contributed by atoms with Crippen molar-refractivity contribution in [3.05, 3.63) is 59.7 Å². The number of fused-ring (bicyclic) bond motifs is 2. The fraction of sp³-hybridized carbons (Fsp3) is 0.188. The first kappa shape index (κ1) is 11.9. The SMILES string of the molecule is CC(=O)N1c2ccccc2CC(N)c2ccccc21. The predicted molar refractivity (Wildman–Crippen MR) is 76.3 cm³/mol. The summed E-state index contributed by atoms with van der Waals surface area (Å²) >= 11 is 0. The Kier molecular flexibility index (Phi) is 2.84. The van der Waals surface area contributed by atoms with Gasteiger partial charge < -0.3 is 5.73 Å². The number of nitrogens with zero attached hydrogens (tertiary/aromatic N) is 1. The van der Waals surface area contributed by atoms with Crippen LogP contribution in [0, 0.1) is 0 Å². The van der Waals surface area contributed by atoms with Gasteiger partial charge in [-0.05, 0) is 29.7 Å². The van der Waals surface area contributed by atoms with Crippen LogP contribution in [0.25, 0.3) is 0 Å². The van der Waals surface area contributed by atoms with Crippen molar-refractivity contribution < 1.29 is 4.79 Å². The van der Waals surface area contributed by atoms with Crippen LogP contribution < -0.4 is 10.6 Å². The van der Waals surface area contributed by atoms with E-state index in [9.17, 15) is 4.79 Å². The summed E-state index contributed by atoms with van der Waals surface area (Å²) < 4.78 is 0. The Balaban J connectivity index is 2.28. The molecule has 19 heavy (non-hydrogen) atoms. The van der Waals surface area contributed by atoms with Gasteiger partial charge in [0.1, 0.15) is 0 Å². The summed E-state index contributed by atoms with van der Waals surface area (Å²) in [6.07, 6.45) is 0.747. The number of carbonyl (C=O) groups is 1. The molecule has 1 unspecified atom stereocenters. The minimum Gasteiger partial charge on any atom is -0.324 e. The lowest BCUT2D eigenvalue weighted by Crippen LogP contribution is -2.24. The highest BCUT2D eigenvalue weighted by atomic mass is 16.2. The molecule has 0 saturated carbocycles. The molecular formula is C16H16N2O. The van der Waals surface area contributed by atoms with Gasteiger partial charge in [-0.2, -0.15) is 0 Å². The molecular weight excluding hydrogens is 236 g/mol. The van der Waals surface area contributed by atoms with Gasteiger partial charge in [0.25, 0.3) is 0 Å². The van der Waals surface area contributed by atoms with Gasteiger partial charge in [0, 0.05) is 13.0 Å². The predicted octanol–water partition coefficient (Wildman–Crippen LogP) is 2.93. The van der Waals surface area contributed by atoms with Gasteiger partial charge in [-0.25, -0.2) is 0 Å². The third kappa shape index (κ3) is 1.92. The smallest absolute Gasteiger partial charge is 0.228 e. The van der Waals surface area contributed by atoms with E-state index in [-0.39, 0.29) is 11.9 Å². The molecule has 3 nitrogen and oxygen atoms in total. The fourth-order valence-corrected chi connectivity index (χ4v) is 2.72. The number of hydrogen-bond acceptors (Lipinski definition) is 2. The van der Waals surface area contributed by atoms with Crippen LogP contribution in [0.5, 0.6) is 0 Å². The Morgan fingerprint density at radius 3 is 2.47 bits per heavy atom. The molecule has 0 fully saturated rings. The maximum atomic E-state index is 12.1. The number of carbonyl (C=O) groups excluding carboxylic acids is 1. The number of amides is 1. The first-order valence-electron chi connectivity index (χ1n) is 6.41. The van der Waals surface area contributed by atoms with Crippen molar-refractivity contribution >= 4 is 17.3 Å². The van der Waals surface area contributed by atoms with Crippen LogP contribution in [0.3, 0.4) is 0 Å². The van der Waals surface area contributed by atoms with E-state index in [1.807, 2.05) is 48.5 Å². The van der Waals surface area contributed by atoms with Crippen molar-refractivity contribution in [3.8, 4) is 0 Å². The van der Waals surface area contributed by atoms with Crippen LogP contribution in [-0.4, -0.2) is 5.91 Å². The van der Waals surface area contributed by atoms with Crippen LogP contribution in [-0.2, 0) is 11.2 Å². The molecule has 96 valence electrons. The van der Waals surface area contributed by atoms with Crippen molar-refractivity contribution in [2.45, 2.75) is 19.4 Å². The second kappa shape index (κ2) is 4.52. The summed E-state index contributed by atoms with van der Waals surface area (Å²) in [4.78, 5) is 13.8. The highest BCUT2D eigenvalue weighted by Crippen LogP contribution is 2.38. The van der Waals surface area contributed by atoms with E-state index in [0.717, 1.165) is 28.9 Å². The van der Waals surface area contributed by atoms with E-state index in [1.54, 1.807) is 11.8 Å². The molecule has 0 aliphatic carbocycles. The number of rotatable bonds is 0. The Bertz CT molecular complexity index is 636. The Labute approximate surface area is 112 Å². The maximum Gasteiger partial charge on any atom is 0.228 e. The van der Waals surface area contributed by atoms with Crippen LogP contribution in [0.1, 0.15) is 24.1 Å². The third-order valence-corrected chi connectivity index (χ3v) is 3.56. The van der Waals surface area contributed by atoms with Gasteiger partial charge in [0.15, 0.2) is 0 Å². The lowest BCUT2D eigenvalue weighted by Gasteiger charge is -2.23. The standard InChI is InChI=1S/C16H16N2O/c1-11(19)18-15-8-4-2-6-12(15)10-14(17)13-7-3-5-9-16(13)18/h2-9,14H,10,17H2,1H3. The van der Waals surface area contributed by atoms with Crippen LogP contribution in [0.4, 0.5) is 11.4 Å². The van der Waals surface area contributed by atoms with E-state index < -0.39 is 0 Å². The number of anilines is 2. The Morgan fingerprint density at radius 2 is 1.74 bits per heavy atom. The van der Waals surface area contributed by atoms with Crippen LogP contribution >= 0.6 is 0 Å². The molecule has 3 heteroatoms. The zero-order valence-corrected chi connectivity index (χ0v) is 10.8. The summed E-state index contributed by atoms with van der Waals surface area (Å²) in [5, 5.41) is 0. The minimum absolute atomic E-state index is 0.00833. The number of nitrogens with two attached hydrogens (primary N) is 1. The second-order valence-corrected chi connectivity index (χ2v) is 4.85. The third-order valence-electron chi connectivity index (χ3n) is 3.56. The van der Waals surface area contributed by atoms with E-state index >= 15 is 0 Å². The summed E-state index contributed by atoms with van der Waals surface area (Å²) in [6, 6.07) is 15.7. The number of para-hydroxylation sites is 2. The molecule has 1 amide bonds. The zero-order chi connectivity index (χ0) is 13.4. The van der Waals surface area contributed by atoms with Gasteiger partial charge in [-0.1, -0.05) is 36.4 Å². The van der Waals surface area contributed by atoms with Gasteiger partial charge in [0.2, 0.25) is 5.91 Å². The molecule has 1 aliphatic heterocycles. The maximum absolute atomic E-state index is 12.1. The summed E-state index contributed by atoms with van der Waals surface area (Å²) in [7, 11) is 0. The Morgan fingerprint density at radius 1 is 1.11 bits per heavy atom. The van der Waals surface area contributed by atoms with Crippen molar-refractivity contribution in [2.24, 2.45) is 5.73 Å². The van der Waals surface area contributed by atoms with Crippen molar-refractivity contribution in [1.82, 2.24) is 0 Å². The summed E-state index contributed by atoms with van der Waals surface area (Å²) in [6.45, 7) is 1.59. The van der Waals surface area contributed by atoms with Gasteiger partial charge in [-0.15, -0.1) is 0 Å². The van der Waals surface area contributed by atoms with E-state index in [1.165, 1.54) is 0 Å². The molecule has 3 rings (SSSR count). The molecule has 2 N–H and O–H groups in total. The quantitative estimate of drug-likeness (QED) is 0.783. The first-order chi connectivity index (χ1) is 9.18. The molecule has 1 atom stereocenters. The van der Waals surface area contributed by atoms with Crippen LogP contribution in [0.15, 0.2) is 48.5 Å². The lowest BCUT2D eigenvalue weighted by atomic mass is 10.00. The van der Waals surface area contributed by atoms with Crippen molar-refractivity contribution in [2.75, 3.05) is 4.90 Å². The molecule has 0 saturated heterocycles. The molecule has 0 radical (unpaired) electrons. The minimum atomic E-state index is -0.0818. The molecule has 0 bridgehead atoms. The lowest BCUT2D eigenvalue weighted by molar-refractivity contribution is -0.115. The molecule has 1 aliphatic rings. The van der Waals surface area contributed by atoms with E-state index in [0.29, 0.717) is 0 Å². The topological polar surface area (TPSA) is 46.3 Å². The number of benzene rings is 2. The first-order valence-corrected chi connectivity index (χ1v) is 6.41. The molecule has 0 aromatic heterocycles. The molecule has 1 heterocycles. The highest BCUT2D eigenvalue weighted by molar-refractivity contribution is 6.01. The average Bonchev–Trinajstić information content (AvgIpc) is 2.53. The summed E-state index contributed by atoms with van der Waals surface area (Å²) in [5.74, 6) is 0.00833. The van der Waals surface area contributed by atoms with Crippen LogP contribution in [0.2, 0.25) is 0 Å². The Hall–Kier alpha value is -2.13. The van der Waals surface area contributed by atoms with Crippen molar-refractivity contribution in [3.63, 3.8) is 0 Å². The molecule has 0 spiro atoms. The van der Waals surface area contributed by atoms with E-state index in [4.69, 9.17) is 5.73 Å². The molecule has 2 aromatic carbocycles. The highest BCUT2D eigenvalue weighted by Gasteiger charge is 2.26. The number of hydrogen-bond donors (Lipinski definition) is 1. The molecule has 2 aromatic rings. The second-order valence-electron chi connectivity index (χ2n) is 4.85. The fourth-order valence-electron chi connectivity index (χ4n) is 2.72. The van der Waals surface area contributed by atoms with Gasteiger partial charge in [0.05, 0.1) is 11.4 Å². The van der Waals surface area contributed by atoms with Gasteiger partial charge >= 0.3 is 0 Å². The van der Waals surface area contributed by atoms with E-state index in [2.05, 4.69) is 0 Å². The monoisotopic (exact) mass is 252 g/mol.